The van der Waals surface area contributed by atoms with Gasteiger partial charge < -0.3 is 10.6 Å². The van der Waals surface area contributed by atoms with Crippen molar-refractivity contribution in [1.82, 2.24) is 25.4 Å². The third-order valence-corrected chi connectivity index (χ3v) is 4.28. The number of nitrogens with zero attached hydrogens (tertiary/aromatic N) is 3. The molecule has 6 heteroatoms. The Bertz CT molecular complexity index is 605. The standard InChI is InChI=1S/C16H21N5O/c1-13(14-5-2-3-8-18-14)20-15(22)16(6-10-17-11-7-16)21-12-4-9-19-21/h2-5,8-9,12-13,17H,6-7,10-11H2,1H3,(H,20,22). The van der Waals surface area contributed by atoms with Gasteiger partial charge in [0, 0.05) is 18.6 Å². The number of carbonyl (C=O) groups excluding carboxylic acids is 1. The third-order valence-electron chi connectivity index (χ3n) is 4.28. The quantitative estimate of drug-likeness (QED) is 0.891. The van der Waals surface area contributed by atoms with E-state index in [1.165, 1.54) is 0 Å². The monoisotopic (exact) mass is 299 g/mol. The van der Waals surface area contributed by atoms with Crippen LogP contribution < -0.4 is 10.6 Å². The minimum absolute atomic E-state index is 0.0100. The molecule has 1 aliphatic rings. The zero-order valence-corrected chi connectivity index (χ0v) is 12.7. The fourth-order valence-corrected chi connectivity index (χ4v) is 2.96. The molecule has 22 heavy (non-hydrogen) atoms. The lowest BCUT2D eigenvalue weighted by Gasteiger charge is -2.37. The van der Waals surface area contributed by atoms with Gasteiger partial charge in [-0.15, -0.1) is 0 Å². The summed E-state index contributed by atoms with van der Waals surface area (Å²) in [6.07, 6.45) is 6.80. The molecule has 2 N–H and O–H groups in total. The van der Waals surface area contributed by atoms with Crippen molar-refractivity contribution < 1.29 is 4.79 Å². The number of piperidine rings is 1. The first-order valence-electron chi connectivity index (χ1n) is 7.65. The summed E-state index contributed by atoms with van der Waals surface area (Å²) in [5, 5.41) is 10.7. The van der Waals surface area contributed by atoms with Crippen LogP contribution in [0.4, 0.5) is 0 Å². The molecule has 1 saturated heterocycles. The van der Waals surface area contributed by atoms with Crippen LogP contribution in [0.15, 0.2) is 42.9 Å². The summed E-state index contributed by atoms with van der Waals surface area (Å²) >= 11 is 0. The van der Waals surface area contributed by atoms with Gasteiger partial charge in [0.05, 0.1) is 11.7 Å². The summed E-state index contributed by atoms with van der Waals surface area (Å²) in [6.45, 7) is 3.58. The van der Waals surface area contributed by atoms with E-state index >= 15 is 0 Å². The molecular formula is C16H21N5O. The summed E-state index contributed by atoms with van der Waals surface area (Å²) in [5.41, 5.74) is 0.248. The van der Waals surface area contributed by atoms with Gasteiger partial charge in [-0.25, -0.2) is 0 Å². The highest BCUT2D eigenvalue weighted by molar-refractivity contribution is 5.84. The van der Waals surface area contributed by atoms with Crippen molar-refractivity contribution >= 4 is 5.91 Å². The molecule has 3 rings (SSSR count). The normalized spacial score (nSPS) is 18.6. The fraction of sp³-hybridized carbons (Fsp3) is 0.438. The smallest absolute Gasteiger partial charge is 0.248 e. The van der Waals surface area contributed by atoms with Crippen LogP contribution in [-0.4, -0.2) is 33.8 Å². The molecule has 0 bridgehead atoms. The van der Waals surface area contributed by atoms with Crippen molar-refractivity contribution in [3.05, 3.63) is 48.5 Å². The molecular weight excluding hydrogens is 278 g/mol. The SMILES string of the molecule is CC(NC(=O)C1(n2cccn2)CCNCC1)c1ccccn1. The van der Waals surface area contributed by atoms with Gasteiger partial charge in [-0.05, 0) is 51.1 Å². The highest BCUT2D eigenvalue weighted by Crippen LogP contribution is 2.28. The van der Waals surface area contributed by atoms with Crippen LogP contribution in [0.25, 0.3) is 0 Å². The number of hydrogen-bond acceptors (Lipinski definition) is 4. The van der Waals surface area contributed by atoms with Crippen LogP contribution in [0, 0.1) is 0 Å². The lowest BCUT2D eigenvalue weighted by molar-refractivity contribution is -0.132. The van der Waals surface area contributed by atoms with E-state index in [1.54, 1.807) is 17.1 Å². The molecule has 1 unspecified atom stereocenters. The van der Waals surface area contributed by atoms with Crippen LogP contribution >= 0.6 is 0 Å². The Kier molecular flexibility index (Phi) is 4.20. The first kappa shape index (κ1) is 14.7. The van der Waals surface area contributed by atoms with Gasteiger partial charge in [0.15, 0.2) is 0 Å². The predicted octanol–water partition coefficient (Wildman–Crippen LogP) is 1.23. The number of amides is 1. The molecule has 116 valence electrons. The van der Waals surface area contributed by atoms with Gasteiger partial charge in [-0.3, -0.25) is 14.5 Å². The number of carbonyl (C=O) groups is 1. The maximum atomic E-state index is 13.0. The molecule has 0 aliphatic carbocycles. The maximum absolute atomic E-state index is 13.0. The zero-order chi connectivity index (χ0) is 15.4. The summed E-state index contributed by atoms with van der Waals surface area (Å²) in [6, 6.07) is 7.46. The molecule has 2 aromatic heterocycles. The van der Waals surface area contributed by atoms with Crippen LogP contribution in [-0.2, 0) is 10.3 Å². The second kappa shape index (κ2) is 6.27. The molecule has 3 heterocycles. The average Bonchev–Trinajstić information content (AvgIpc) is 3.11. The van der Waals surface area contributed by atoms with Crippen molar-refractivity contribution in [2.24, 2.45) is 0 Å². The molecule has 1 atom stereocenters. The van der Waals surface area contributed by atoms with Crippen molar-refractivity contribution in [3.63, 3.8) is 0 Å². The number of nitrogens with one attached hydrogen (secondary N) is 2. The van der Waals surface area contributed by atoms with Gasteiger partial charge in [0.2, 0.25) is 5.91 Å². The van der Waals surface area contributed by atoms with Gasteiger partial charge in [0.1, 0.15) is 5.54 Å². The second-order valence-corrected chi connectivity index (χ2v) is 5.68. The first-order valence-corrected chi connectivity index (χ1v) is 7.65. The van der Waals surface area contributed by atoms with Gasteiger partial charge in [-0.1, -0.05) is 6.07 Å². The predicted molar refractivity (Wildman–Crippen MR) is 83.1 cm³/mol. The molecule has 0 spiro atoms. The number of aromatic nitrogens is 3. The lowest BCUT2D eigenvalue weighted by Crippen LogP contribution is -2.55. The molecule has 0 radical (unpaired) electrons. The van der Waals surface area contributed by atoms with Crippen molar-refractivity contribution in [3.8, 4) is 0 Å². The Labute approximate surface area is 129 Å². The topological polar surface area (TPSA) is 71.8 Å². The zero-order valence-electron chi connectivity index (χ0n) is 12.7. The van der Waals surface area contributed by atoms with Gasteiger partial charge in [-0.2, -0.15) is 5.10 Å². The first-order chi connectivity index (χ1) is 10.7. The summed E-state index contributed by atoms with van der Waals surface area (Å²) in [7, 11) is 0. The minimum atomic E-state index is -0.613. The minimum Gasteiger partial charge on any atom is -0.346 e. The number of pyridine rings is 1. The molecule has 1 amide bonds. The molecule has 1 aliphatic heterocycles. The molecule has 6 nitrogen and oxygen atoms in total. The highest BCUT2D eigenvalue weighted by Gasteiger charge is 2.42. The van der Waals surface area contributed by atoms with Gasteiger partial charge >= 0.3 is 0 Å². The van der Waals surface area contributed by atoms with Crippen LogP contribution in [0.5, 0.6) is 0 Å². The van der Waals surface area contributed by atoms with E-state index in [9.17, 15) is 4.79 Å². The van der Waals surface area contributed by atoms with Crippen molar-refractivity contribution in [2.75, 3.05) is 13.1 Å². The Morgan fingerprint density at radius 2 is 2.14 bits per heavy atom. The molecule has 0 saturated carbocycles. The Morgan fingerprint density at radius 3 is 2.77 bits per heavy atom. The number of hydrogen-bond donors (Lipinski definition) is 2. The van der Waals surface area contributed by atoms with Crippen LogP contribution in [0.2, 0.25) is 0 Å². The Morgan fingerprint density at radius 1 is 1.32 bits per heavy atom. The van der Waals surface area contributed by atoms with E-state index in [0.717, 1.165) is 31.6 Å². The largest absolute Gasteiger partial charge is 0.346 e. The van der Waals surface area contributed by atoms with E-state index in [1.807, 2.05) is 37.4 Å². The Balaban J connectivity index is 1.81. The average molecular weight is 299 g/mol. The lowest BCUT2D eigenvalue weighted by atomic mass is 9.87. The second-order valence-electron chi connectivity index (χ2n) is 5.68. The molecule has 0 aromatic carbocycles. The molecule has 1 fully saturated rings. The third kappa shape index (κ3) is 2.74. The van der Waals surface area contributed by atoms with Crippen molar-refractivity contribution in [1.29, 1.82) is 0 Å². The van der Waals surface area contributed by atoms with E-state index in [-0.39, 0.29) is 11.9 Å². The van der Waals surface area contributed by atoms with E-state index in [0.29, 0.717) is 0 Å². The Hall–Kier alpha value is -2.21. The maximum Gasteiger partial charge on any atom is 0.248 e. The van der Waals surface area contributed by atoms with Crippen LogP contribution in [0.1, 0.15) is 31.5 Å². The summed E-state index contributed by atoms with van der Waals surface area (Å²) < 4.78 is 1.80. The van der Waals surface area contributed by atoms with Crippen LogP contribution in [0.3, 0.4) is 0 Å². The highest BCUT2D eigenvalue weighted by atomic mass is 16.2. The summed E-state index contributed by atoms with van der Waals surface area (Å²) in [4.78, 5) is 17.3. The summed E-state index contributed by atoms with van der Waals surface area (Å²) in [5.74, 6) is 0.0100. The van der Waals surface area contributed by atoms with Gasteiger partial charge in [0.25, 0.3) is 0 Å². The van der Waals surface area contributed by atoms with Crippen molar-refractivity contribution in [2.45, 2.75) is 31.3 Å². The molecule has 2 aromatic rings. The van der Waals surface area contributed by atoms with E-state index < -0.39 is 5.54 Å². The van der Waals surface area contributed by atoms with E-state index in [2.05, 4.69) is 20.7 Å². The number of rotatable bonds is 4. The van der Waals surface area contributed by atoms with E-state index in [4.69, 9.17) is 0 Å². The fourth-order valence-electron chi connectivity index (χ4n) is 2.96.